The molecule has 3 aliphatic rings. The lowest BCUT2D eigenvalue weighted by atomic mass is 9.69. The monoisotopic (exact) mass is 520 g/mol. The molecule has 0 aromatic heterocycles. The number of hydrogen-bond donors (Lipinski definition) is 2. The zero-order valence-electron chi connectivity index (χ0n) is 18.5. The van der Waals surface area contributed by atoms with Gasteiger partial charge in [-0.15, -0.1) is 0 Å². The maximum atomic E-state index is 13.2. The van der Waals surface area contributed by atoms with Crippen LogP contribution in [-0.2, 0) is 24.5 Å². The number of aliphatic hydroxyl groups excluding tert-OH is 1. The summed E-state index contributed by atoms with van der Waals surface area (Å²) in [5, 5.41) is 13.6. The van der Waals surface area contributed by atoms with Crippen molar-refractivity contribution in [1.29, 1.82) is 0 Å². The standard InChI is InChI=1S/C22H25BrN4O6/c1-26-14-7-5-4-6-13(14)22-10-12(11-28)27(21(31)24-9-8-23)20(22)25-16(19(30)33-3)15(17(22)26)18(29)32-2/h4-7,12,17,28H,8-11H2,1-3H3,(H,24,31)/t12-,17-,22-/m0/s1. The molecular weight excluding hydrogens is 496 g/mol. The normalized spacial score (nSPS) is 25.2. The maximum Gasteiger partial charge on any atom is 0.357 e. The fourth-order valence-corrected chi connectivity index (χ4v) is 5.49. The Balaban J connectivity index is 2.02. The summed E-state index contributed by atoms with van der Waals surface area (Å²) in [6.07, 6.45) is 0.311. The van der Waals surface area contributed by atoms with Gasteiger partial charge in [-0.2, -0.15) is 0 Å². The molecule has 0 radical (unpaired) electrons. The van der Waals surface area contributed by atoms with Crippen molar-refractivity contribution in [3.63, 3.8) is 0 Å². The molecule has 1 aromatic rings. The second-order valence-corrected chi connectivity index (χ2v) is 8.81. The number of carbonyl (C=O) groups excluding carboxylic acids is 3. The topological polar surface area (TPSA) is 121 Å². The quantitative estimate of drug-likeness (QED) is 0.437. The van der Waals surface area contributed by atoms with E-state index in [2.05, 4.69) is 26.2 Å². The number of amides is 2. The van der Waals surface area contributed by atoms with Crippen LogP contribution in [0.4, 0.5) is 10.5 Å². The molecule has 33 heavy (non-hydrogen) atoms. The first-order valence-corrected chi connectivity index (χ1v) is 11.6. The Hall–Kier alpha value is -2.92. The number of halogens is 1. The molecule has 176 valence electrons. The number of hydrogen-bond acceptors (Lipinski definition) is 8. The van der Waals surface area contributed by atoms with Crippen molar-refractivity contribution in [2.24, 2.45) is 4.99 Å². The molecule has 3 aliphatic heterocycles. The van der Waals surface area contributed by atoms with Crippen LogP contribution >= 0.6 is 15.9 Å². The van der Waals surface area contributed by atoms with Crippen molar-refractivity contribution in [3.8, 4) is 0 Å². The van der Waals surface area contributed by atoms with E-state index in [0.717, 1.165) is 11.3 Å². The van der Waals surface area contributed by atoms with Crippen LogP contribution in [0.15, 0.2) is 40.5 Å². The number of benzene rings is 1. The highest BCUT2D eigenvalue weighted by Gasteiger charge is 2.65. The van der Waals surface area contributed by atoms with Crippen LogP contribution in [0.1, 0.15) is 12.0 Å². The average Bonchev–Trinajstić information content (AvgIpc) is 3.31. The van der Waals surface area contributed by atoms with E-state index in [4.69, 9.17) is 9.47 Å². The van der Waals surface area contributed by atoms with Gasteiger partial charge in [-0.1, -0.05) is 34.1 Å². The Morgan fingerprint density at radius 1 is 1.24 bits per heavy atom. The molecule has 3 heterocycles. The summed E-state index contributed by atoms with van der Waals surface area (Å²) in [5.74, 6) is -1.22. The van der Waals surface area contributed by atoms with Gasteiger partial charge in [0.1, 0.15) is 5.84 Å². The predicted octanol–water partition coefficient (Wildman–Crippen LogP) is 0.926. The average molecular weight is 521 g/mol. The third kappa shape index (κ3) is 3.24. The number of rotatable bonds is 5. The molecule has 10 nitrogen and oxygen atoms in total. The molecule has 2 N–H and O–H groups in total. The molecule has 0 aliphatic carbocycles. The van der Waals surface area contributed by atoms with E-state index in [1.165, 1.54) is 19.1 Å². The molecule has 1 saturated heterocycles. The Morgan fingerprint density at radius 2 is 1.94 bits per heavy atom. The molecule has 0 unspecified atom stereocenters. The lowest BCUT2D eigenvalue weighted by Gasteiger charge is -2.39. The number of amidine groups is 1. The van der Waals surface area contributed by atoms with Crippen molar-refractivity contribution in [2.75, 3.05) is 44.6 Å². The number of anilines is 1. The van der Waals surface area contributed by atoms with Gasteiger partial charge in [0.05, 0.1) is 43.9 Å². The van der Waals surface area contributed by atoms with Crippen molar-refractivity contribution in [1.82, 2.24) is 10.2 Å². The van der Waals surface area contributed by atoms with Gasteiger partial charge < -0.3 is 24.8 Å². The van der Waals surface area contributed by atoms with E-state index in [1.807, 2.05) is 36.2 Å². The van der Waals surface area contributed by atoms with E-state index >= 15 is 0 Å². The molecule has 3 atom stereocenters. The van der Waals surface area contributed by atoms with E-state index in [9.17, 15) is 19.5 Å². The van der Waals surface area contributed by atoms with Crippen LogP contribution in [0.5, 0.6) is 0 Å². The van der Waals surface area contributed by atoms with Gasteiger partial charge in [0.2, 0.25) is 0 Å². The first-order chi connectivity index (χ1) is 15.9. The molecule has 1 fully saturated rings. The van der Waals surface area contributed by atoms with Crippen LogP contribution in [-0.4, -0.2) is 85.6 Å². The second kappa shape index (κ2) is 8.79. The minimum Gasteiger partial charge on any atom is -0.466 e. The number of nitrogens with one attached hydrogen (secondary N) is 1. The fourth-order valence-electron chi connectivity index (χ4n) is 5.29. The zero-order chi connectivity index (χ0) is 23.9. The number of urea groups is 1. The predicted molar refractivity (Wildman–Crippen MR) is 123 cm³/mol. The Kier molecular flexibility index (Phi) is 6.19. The van der Waals surface area contributed by atoms with E-state index in [-0.39, 0.29) is 17.9 Å². The van der Waals surface area contributed by atoms with Gasteiger partial charge in [0.15, 0.2) is 5.70 Å². The maximum absolute atomic E-state index is 13.2. The first-order valence-electron chi connectivity index (χ1n) is 10.4. The number of likely N-dealkylation sites (tertiary alicyclic amines) is 1. The number of aliphatic imine (C=N–C) groups is 1. The molecule has 11 heteroatoms. The summed E-state index contributed by atoms with van der Waals surface area (Å²) in [6.45, 7) is 0.0447. The number of para-hydroxylation sites is 1. The third-order valence-corrected chi connectivity index (χ3v) is 6.90. The molecule has 1 aromatic carbocycles. The van der Waals surface area contributed by atoms with Crippen molar-refractivity contribution in [2.45, 2.75) is 23.9 Å². The highest BCUT2D eigenvalue weighted by molar-refractivity contribution is 9.09. The minimum atomic E-state index is -0.953. The number of methoxy groups -OCH3 is 2. The van der Waals surface area contributed by atoms with Gasteiger partial charge in [-0.3, -0.25) is 4.90 Å². The SMILES string of the molecule is COC(=O)C1=C(C(=O)OC)[C@@H]2N(C)c3ccccc3[C@@]23C[C@@H](CO)N(C(=O)NCCBr)C3=N1. The summed E-state index contributed by atoms with van der Waals surface area (Å²) in [6, 6.07) is 5.84. The highest BCUT2D eigenvalue weighted by Crippen LogP contribution is 2.57. The molecular formula is C22H25BrN4O6. The number of fused-ring (bicyclic) bond motifs is 1. The highest BCUT2D eigenvalue weighted by atomic mass is 79.9. The number of nitrogens with zero attached hydrogens (tertiary/aromatic N) is 3. The molecule has 4 rings (SSSR count). The van der Waals surface area contributed by atoms with Gasteiger partial charge >= 0.3 is 18.0 Å². The summed E-state index contributed by atoms with van der Waals surface area (Å²) in [7, 11) is 4.26. The van der Waals surface area contributed by atoms with E-state index in [1.54, 1.807) is 0 Å². The van der Waals surface area contributed by atoms with Crippen LogP contribution in [0, 0.1) is 0 Å². The fraction of sp³-hybridized carbons (Fsp3) is 0.455. The van der Waals surface area contributed by atoms with Crippen LogP contribution in [0.25, 0.3) is 0 Å². The molecule has 1 spiro atoms. The van der Waals surface area contributed by atoms with Gasteiger partial charge in [0, 0.05) is 24.6 Å². The van der Waals surface area contributed by atoms with Crippen molar-refractivity contribution >= 4 is 45.4 Å². The summed E-state index contributed by atoms with van der Waals surface area (Å²) in [4.78, 5) is 46.8. The minimum absolute atomic E-state index is 0.0613. The van der Waals surface area contributed by atoms with E-state index in [0.29, 0.717) is 24.1 Å². The number of ether oxygens (including phenoxy) is 2. The summed E-state index contributed by atoms with van der Waals surface area (Å²) in [5.41, 5.74) is 0.589. The Morgan fingerprint density at radius 3 is 2.58 bits per heavy atom. The zero-order valence-corrected chi connectivity index (χ0v) is 20.1. The third-order valence-electron chi connectivity index (χ3n) is 6.50. The molecule has 0 saturated carbocycles. The van der Waals surface area contributed by atoms with Crippen molar-refractivity contribution in [3.05, 3.63) is 41.1 Å². The number of alkyl halides is 1. The number of carbonyl (C=O) groups is 3. The van der Waals surface area contributed by atoms with Gasteiger partial charge in [-0.05, 0) is 18.1 Å². The molecule has 2 amide bonds. The summed E-state index contributed by atoms with van der Waals surface area (Å²) >= 11 is 3.29. The van der Waals surface area contributed by atoms with Crippen molar-refractivity contribution < 1.29 is 29.0 Å². The Bertz CT molecular complexity index is 1070. The first kappa shape index (κ1) is 23.2. The van der Waals surface area contributed by atoms with Gasteiger partial charge in [-0.25, -0.2) is 19.4 Å². The summed E-state index contributed by atoms with van der Waals surface area (Å²) < 4.78 is 9.98. The van der Waals surface area contributed by atoms with Gasteiger partial charge in [0.25, 0.3) is 0 Å². The Labute approximate surface area is 199 Å². The largest absolute Gasteiger partial charge is 0.466 e. The smallest absolute Gasteiger partial charge is 0.357 e. The van der Waals surface area contributed by atoms with Crippen LogP contribution in [0.3, 0.4) is 0 Å². The van der Waals surface area contributed by atoms with Crippen LogP contribution < -0.4 is 10.2 Å². The lowest BCUT2D eigenvalue weighted by Crippen LogP contribution is -2.56. The van der Waals surface area contributed by atoms with Crippen LogP contribution in [0.2, 0.25) is 0 Å². The lowest BCUT2D eigenvalue weighted by molar-refractivity contribution is -0.139. The van der Waals surface area contributed by atoms with E-state index < -0.39 is 35.5 Å². The second-order valence-electron chi connectivity index (χ2n) is 8.01. The number of aliphatic hydroxyl groups is 1. The number of likely N-dealkylation sites (N-methyl/N-ethyl adjacent to an activating group) is 1. The molecule has 0 bridgehead atoms. The number of esters is 2.